The zero-order chi connectivity index (χ0) is 13.2. The fraction of sp³-hybridized carbons (Fsp3) is 0.0714. The van der Waals surface area contributed by atoms with E-state index in [0.29, 0.717) is 23.1 Å². The zero-order valence-corrected chi connectivity index (χ0v) is 10.8. The first kappa shape index (κ1) is 11.9. The van der Waals surface area contributed by atoms with E-state index in [-0.39, 0.29) is 0 Å². The van der Waals surface area contributed by atoms with E-state index in [2.05, 4.69) is 4.98 Å². The van der Waals surface area contributed by atoms with Crippen molar-refractivity contribution in [2.45, 2.75) is 6.61 Å². The molecule has 0 aliphatic heterocycles. The Morgan fingerprint density at radius 1 is 1.16 bits per heavy atom. The molecule has 3 aromatic rings. The van der Waals surface area contributed by atoms with Crippen molar-refractivity contribution in [1.29, 1.82) is 0 Å². The predicted molar refractivity (Wildman–Crippen MR) is 75.4 cm³/mol. The molecular weight excluding hydrogens is 262 g/mol. The Bertz CT molecular complexity index is 724. The molecule has 2 N–H and O–H groups in total. The van der Waals surface area contributed by atoms with Gasteiger partial charge in [0.1, 0.15) is 18.0 Å². The maximum absolute atomic E-state index is 6.02. The highest BCUT2D eigenvalue weighted by Crippen LogP contribution is 2.24. The summed E-state index contributed by atoms with van der Waals surface area (Å²) >= 11 is 6.02. The van der Waals surface area contributed by atoms with E-state index < -0.39 is 0 Å². The number of hydrogen-bond donors (Lipinski definition) is 1. The van der Waals surface area contributed by atoms with Gasteiger partial charge >= 0.3 is 0 Å². The van der Waals surface area contributed by atoms with E-state index in [1.165, 1.54) is 0 Å². The van der Waals surface area contributed by atoms with Gasteiger partial charge in [-0.3, -0.25) is 0 Å². The van der Waals surface area contributed by atoms with Crippen molar-refractivity contribution in [1.82, 2.24) is 9.38 Å². The molecule has 0 spiro atoms. The number of benzene rings is 1. The highest BCUT2D eigenvalue weighted by atomic mass is 35.5. The van der Waals surface area contributed by atoms with E-state index in [9.17, 15) is 0 Å². The van der Waals surface area contributed by atoms with Crippen LogP contribution in [0.4, 0.5) is 5.69 Å². The minimum absolute atomic E-state index is 0.366. The van der Waals surface area contributed by atoms with Crippen LogP contribution in [0.1, 0.15) is 5.69 Å². The van der Waals surface area contributed by atoms with E-state index >= 15 is 0 Å². The largest absolute Gasteiger partial charge is 0.486 e. The highest BCUT2D eigenvalue weighted by molar-refractivity contribution is 6.32. The van der Waals surface area contributed by atoms with Gasteiger partial charge in [0.2, 0.25) is 0 Å². The summed E-state index contributed by atoms with van der Waals surface area (Å²) in [6.07, 6.45) is 3.71. The van der Waals surface area contributed by atoms with Gasteiger partial charge in [0.05, 0.1) is 10.7 Å². The smallest absolute Gasteiger partial charge is 0.138 e. The number of nitrogens with two attached hydrogens (primary N) is 1. The van der Waals surface area contributed by atoms with Crippen molar-refractivity contribution < 1.29 is 4.74 Å². The van der Waals surface area contributed by atoms with Crippen LogP contribution >= 0.6 is 11.6 Å². The third-order valence-electron chi connectivity index (χ3n) is 2.74. The molecule has 0 atom stereocenters. The molecule has 4 nitrogen and oxygen atoms in total. The second-order valence-corrected chi connectivity index (χ2v) is 4.59. The molecule has 0 saturated carbocycles. The number of ether oxygens (including phenoxy) is 1. The number of anilines is 1. The van der Waals surface area contributed by atoms with Crippen LogP contribution in [0, 0.1) is 0 Å². The molecule has 0 aliphatic rings. The van der Waals surface area contributed by atoms with Gasteiger partial charge in [0, 0.05) is 18.1 Å². The van der Waals surface area contributed by atoms with Crippen molar-refractivity contribution in [2.24, 2.45) is 0 Å². The van der Waals surface area contributed by atoms with Crippen molar-refractivity contribution in [2.75, 3.05) is 5.73 Å². The minimum atomic E-state index is 0.366. The van der Waals surface area contributed by atoms with E-state index in [0.717, 1.165) is 11.3 Å². The van der Waals surface area contributed by atoms with Gasteiger partial charge in [-0.15, -0.1) is 0 Å². The molecule has 0 aliphatic carbocycles. The first-order valence-electron chi connectivity index (χ1n) is 5.83. The van der Waals surface area contributed by atoms with Crippen molar-refractivity contribution in [3.05, 3.63) is 59.5 Å². The molecule has 0 fully saturated rings. The molecule has 0 radical (unpaired) electrons. The fourth-order valence-corrected chi connectivity index (χ4v) is 2.03. The number of rotatable bonds is 3. The SMILES string of the molecule is Nc1ccc2nc(COc3ccccc3Cl)cn2c1. The van der Waals surface area contributed by atoms with Gasteiger partial charge in [-0.2, -0.15) is 0 Å². The molecule has 0 unspecified atom stereocenters. The van der Waals surface area contributed by atoms with E-state index in [1.807, 2.05) is 47.1 Å². The number of nitrogen functional groups attached to an aromatic ring is 1. The first-order chi connectivity index (χ1) is 9.22. The molecule has 3 rings (SSSR count). The monoisotopic (exact) mass is 273 g/mol. The second-order valence-electron chi connectivity index (χ2n) is 4.18. The van der Waals surface area contributed by atoms with Crippen molar-refractivity contribution >= 4 is 22.9 Å². The molecule has 0 bridgehead atoms. The number of nitrogens with zero attached hydrogens (tertiary/aromatic N) is 2. The summed E-state index contributed by atoms with van der Waals surface area (Å²) in [6, 6.07) is 11.1. The number of fused-ring (bicyclic) bond motifs is 1. The lowest BCUT2D eigenvalue weighted by Crippen LogP contribution is -1.95. The third-order valence-corrected chi connectivity index (χ3v) is 3.05. The quantitative estimate of drug-likeness (QED) is 0.797. The Hall–Kier alpha value is -2.20. The van der Waals surface area contributed by atoms with Crippen LogP contribution in [0.2, 0.25) is 5.02 Å². The molecule has 96 valence electrons. The van der Waals surface area contributed by atoms with Crippen LogP contribution in [0.15, 0.2) is 48.8 Å². The van der Waals surface area contributed by atoms with Gasteiger partial charge in [-0.25, -0.2) is 4.98 Å². The van der Waals surface area contributed by atoms with Crippen LogP contribution in [0.5, 0.6) is 5.75 Å². The Morgan fingerprint density at radius 2 is 2.00 bits per heavy atom. The third kappa shape index (κ3) is 2.48. The Morgan fingerprint density at radius 3 is 2.84 bits per heavy atom. The standard InChI is InChI=1S/C14H12ClN3O/c15-12-3-1-2-4-13(12)19-9-11-8-18-7-10(16)5-6-14(18)17-11/h1-8H,9,16H2. The van der Waals surface area contributed by atoms with Crippen LogP contribution in [-0.4, -0.2) is 9.38 Å². The number of pyridine rings is 1. The van der Waals surface area contributed by atoms with Crippen LogP contribution < -0.4 is 10.5 Å². The van der Waals surface area contributed by atoms with Crippen LogP contribution in [0.25, 0.3) is 5.65 Å². The Kier molecular flexibility index (Phi) is 3.01. The Balaban J connectivity index is 1.80. The van der Waals surface area contributed by atoms with Gasteiger partial charge < -0.3 is 14.9 Å². The van der Waals surface area contributed by atoms with Crippen LogP contribution in [-0.2, 0) is 6.61 Å². The number of aromatic nitrogens is 2. The molecule has 0 saturated heterocycles. The van der Waals surface area contributed by atoms with Gasteiger partial charge in [-0.05, 0) is 24.3 Å². The molecule has 5 heteroatoms. The maximum Gasteiger partial charge on any atom is 0.138 e. The average molecular weight is 274 g/mol. The molecule has 2 heterocycles. The summed E-state index contributed by atoms with van der Waals surface area (Å²) in [5, 5.41) is 0.593. The summed E-state index contributed by atoms with van der Waals surface area (Å²) in [5.74, 6) is 0.653. The first-order valence-corrected chi connectivity index (χ1v) is 6.20. The summed E-state index contributed by atoms with van der Waals surface area (Å²) in [6.45, 7) is 0.366. The van der Waals surface area contributed by atoms with E-state index in [1.54, 1.807) is 6.07 Å². The van der Waals surface area contributed by atoms with Crippen molar-refractivity contribution in [3.63, 3.8) is 0 Å². The molecular formula is C14H12ClN3O. The van der Waals surface area contributed by atoms with E-state index in [4.69, 9.17) is 22.1 Å². The molecule has 1 aromatic carbocycles. The molecule has 2 aromatic heterocycles. The summed E-state index contributed by atoms with van der Waals surface area (Å²) < 4.78 is 7.52. The maximum atomic E-state index is 6.02. The topological polar surface area (TPSA) is 52.5 Å². The molecule has 19 heavy (non-hydrogen) atoms. The van der Waals surface area contributed by atoms with Gasteiger partial charge in [0.15, 0.2) is 0 Å². The number of halogens is 1. The zero-order valence-electron chi connectivity index (χ0n) is 10.1. The summed E-state index contributed by atoms with van der Waals surface area (Å²) in [4.78, 5) is 4.44. The highest BCUT2D eigenvalue weighted by Gasteiger charge is 2.04. The Labute approximate surface area is 115 Å². The molecule has 0 amide bonds. The number of imidazole rings is 1. The number of para-hydroxylation sites is 1. The normalized spacial score (nSPS) is 10.8. The average Bonchev–Trinajstić information content (AvgIpc) is 2.79. The lowest BCUT2D eigenvalue weighted by atomic mass is 10.3. The number of hydrogen-bond acceptors (Lipinski definition) is 3. The second kappa shape index (κ2) is 4.82. The van der Waals surface area contributed by atoms with Crippen LogP contribution in [0.3, 0.4) is 0 Å². The lowest BCUT2D eigenvalue weighted by molar-refractivity contribution is 0.302. The summed E-state index contributed by atoms with van der Waals surface area (Å²) in [7, 11) is 0. The van der Waals surface area contributed by atoms with Gasteiger partial charge in [0.25, 0.3) is 0 Å². The van der Waals surface area contributed by atoms with Gasteiger partial charge in [-0.1, -0.05) is 23.7 Å². The summed E-state index contributed by atoms with van der Waals surface area (Å²) in [5.41, 5.74) is 8.08. The fourth-order valence-electron chi connectivity index (χ4n) is 1.84. The predicted octanol–water partition coefficient (Wildman–Crippen LogP) is 3.15. The minimum Gasteiger partial charge on any atom is -0.486 e. The lowest BCUT2D eigenvalue weighted by Gasteiger charge is -2.05. The van der Waals surface area contributed by atoms with Crippen molar-refractivity contribution in [3.8, 4) is 5.75 Å².